The number of aryl methyl sites for hydroxylation is 1. The molecular formula is C25H19NO4. The van der Waals surface area contributed by atoms with Gasteiger partial charge in [0.1, 0.15) is 11.3 Å². The van der Waals surface area contributed by atoms with Crippen LogP contribution in [0.2, 0.25) is 0 Å². The average Bonchev–Trinajstić information content (AvgIpc) is 3.02. The topological polar surface area (TPSA) is 70.8 Å². The average molecular weight is 397 g/mol. The van der Waals surface area contributed by atoms with Crippen molar-refractivity contribution in [1.82, 2.24) is 4.90 Å². The van der Waals surface area contributed by atoms with E-state index in [9.17, 15) is 14.7 Å². The number of rotatable bonds is 3. The van der Waals surface area contributed by atoms with Crippen molar-refractivity contribution in [2.24, 2.45) is 0 Å². The fourth-order valence-corrected chi connectivity index (χ4v) is 4.12. The molecule has 5 rings (SSSR count). The lowest BCUT2D eigenvalue weighted by molar-refractivity contribution is 0.0714. The number of fused-ring (bicyclic) bond motifs is 2. The Morgan fingerprint density at radius 3 is 2.53 bits per heavy atom. The largest absolute Gasteiger partial charge is 0.508 e. The maximum Gasteiger partial charge on any atom is 0.291 e. The first-order chi connectivity index (χ1) is 14.5. The van der Waals surface area contributed by atoms with Gasteiger partial charge in [-0.1, -0.05) is 54.1 Å². The minimum absolute atomic E-state index is 0.0700. The molecule has 4 aromatic rings. The monoisotopic (exact) mass is 397 g/mol. The van der Waals surface area contributed by atoms with Crippen molar-refractivity contribution in [3.05, 3.63) is 111 Å². The molecule has 0 spiro atoms. The van der Waals surface area contributed by atoms with Crippen molar-refractivity contribution in [2.45, 2.75) is 19.5 Å². The van der Waals surface area contributed by atoms with Crippen LogP contribution in [0, 0.1) is 6.92 Å². The van der Waals surface area contributed by atoms with Crippen LogP contribution in [0.3, 0.4) is 0 Å². The van der Waals surface area contributed by atoms with Crippen molar-refractivity contribution in [1.29, 1.82) is 0 Å². The Bertz CT molecular complexity index is 1340. The molecule has 1 aliphatic heterocycles. The SMILES string of the molecule is Cc1ccc2oc3c(c(=O)c2c1)[C@@H](c1cccc(O)c1)N(Cc1ccccc1)C3=O. The van der Waals surface area contributed by atoms with Crippen LogP contribution in [0.4, 0.5) is 0 Å². The Morgan fingerprint density at radius 2 is 1.77 bits per heavy atom. The summed E-state index contributed by atoms with van der Waals surface area (Å²) in [5.41, 5.74) is 3.05. The van der Waals surface area contributed by atoms with E-state index < -0.39 is 6.04 Å². The Balaban J connectivity index is 1.75. The van der Waals surface area contributed by atoms with Gasteiger partial charge in [-0.15, -0.1) is 0 Å². The van der Waals surface area contributed by atoms with E-state index in [4.69, 9.17) is 4.42 Å². The molecule has 1 amide bonds. The summed E-state index contributed by atoms with van der Waals surface area (Å²) in [4.78, 5) is 28.5. The number of hydrogen-bond donors (Lipinski definition) is 1. The van der Waals surface area contributed by atoms with Gasteiger partial charge in [0.2, 0.25) is 5.76 Å². The second-order valence-electron chi connectivity index (χ2n) is 7.59. The zero-order chi connectivity index (χ0) is 20.8. The Kier molecular flexibility index (Phi) is 4.17. The molecule has 0 radical (unpaired) electrons. The number of carbonyl (C=O) groups is 1. The van der Waals surface area contributed by atoms with E-state index in [0.29, 0.717) is 28.6 Å². The molecule has 0 fully saturated rings. The van der Waals surface area contributed by atoms with E-state index in [0.717, 1.165) is 11.1 Å². The van der Waals surface area contributed by atoms with Crippen molar-refractivity contribution in [2.75, 3.05) is 0 Å². The molecular weight excluding hydrogens is 378 g/mol. The lowest BCUT2D eigenvalue weighted by atomic mass is 9.97. The molecule has 0 bridgehead atoms. The van der Waals surface area contributed by atoms with Gasteiger partial charge in [-0.25, -0.2) is 0 Å². The van der Waals surface area contributed by atoms with E-state index in [1.807, 2.05) is 49.4 Å². The number of hydrogen-bond acceptors (Lipinski definition) is 4. The van der Waals surface area contributed by atoms with Gasteiger partial charge in [0, 0.05) is 6.54 Å². The highest BCUT2D eigenvalue weighted by Crippen LogP contribution is 2.39. The third-order valence-electron chi connectivity index (χ3n) is 5.50. The number of benzene rings is 3. The highest BCUT2D eigenvalue weighted by atomic mass is 16.3. The first-order valence-corrected chi connectivity index (χ1v) is 9.74. The molecule has 1 aliphatic rings. The van der Waals surface area contributed by atoms with E-state index in [2.05, 4.69) is 0 Å². The number of amides is 1. The van der Waals surface area contributed by atoms with Crippen molar-refractivity contribution < 1.29 is 14.3 Å². The van der Waals surface area contributed by atoms with E-state index in [1.165, 1.54) is 0 Å². The molecule has 0 saturated carbocycles. The van der Waals surface area contributed by atoms with E-state index in [-0.39, 0.29) is 22.8 Å². The van der Waals surface area contributed by atoms with Crippen LogP contribution in [0.25, 0.3) is 11.0 Å². The van der Waals surface area contributed by atoms with Crippen molar-refractivity contribution >= 4 is 16.9 Å². The van der Waals surface area contributed by atoms with E-state index >= 15 is 0 Å². The summed E-state index contributed by atoms with van der Waals surface area (Å²) in [7, 11) is 0. The first-order valence-electron chi connectivity index (χ1n) is 9.74. The van der Waals surface area contributed by atoms with Crippen LogP contribution in [0.1, 0.15) is 38.9 Å². The van der Waals surface area contributed by atoms with Crippen molar-refractivity contribution in [3.8, 4) is 5.75 Å². The minimum atomic E-state index is -0.638. The van der Waals surface area contributed by atoms with Gasteiger partial charge < -0.3 is 14.4 Å². The lowest BCUT2D eigenvalue weighted by Gasteiger charge is -2.25. The molecule has 0 aliphatic carbocycles. The highest BCUT2D eigenvalue weighted by Gasteiger charge is 2.42. The van der Waals surface area contributed by atoms with Gasteiger partial charge in [0.05, 0.1) is 17.0 Å². The molecule has 30 heavy (non-hydrogen) atoms. The number of phenolic OH excluding ortho intramolecular Hbond substituents is 1. The summed E-state index contributed by atoms with van der Waals surface area (Å²) in [6.45, 7) is 2.23. The summed E-state index contributed by atoms with van der Waals surface area (Å²) >= 11 is 0. The molecule has 5 nitrogen and oxygen atoms in total. The van der Waals surface area contributed by atoms with Gasteiger partial charge in [0.25, 0.3) is 5.91 Å². The molecule has 0 saturated heterocycles. The number of nitrogens with zero attached hydrogens (tertiary/aromatic N) is 1. The summed E-state index contributed by atoms with van der Waals surface area (Å²) in [5, 5.41) is 10.5. The highest BCUT2D eigenvalue weighted by molar-refractivity contribution is 5.99. The summed E-state index contributed by atoms with van der Waals surface area (Å²) in [5.74, 6) is -0.184. The molecule has 5 heteroatoms. The maximum atomic E-state index is 13.5. The second kappa shape index (κ2) is 6.88. The lowest BCUT2D eigenvalue weighted by Crippen LogP contribution is -2.29. The molecule has 1 aromatic heterocycles. The fourth-order valence-electron chi connectivity index (χ4n) is 4.12. The predicted molar refractivity (Wildman–Crippen MR) is 113 cm³/mol. The molecule has 1 N–H and O–H groups in total. The molecule has 2 heterocycles. The predicted octanol–water partition coefficient (Wildman–Crippen LogP) is 4.55. The van der Waals surface area contributed by atoms with Gasteiger partial charge in [-0.3, -0.25) is 9.59 Å². The van der Waals surface area contributed by atoms with Crippen molar-refractivity contribution in [3.63, 3.8) is 0 Å². The van der Waals surface area contributed by atoms with Gasteiger partial charge in [-0.2, -0.15) is 0 Å². The number of carbonyl (C=O) groups excluding carboxylic acids is 1. The molecule has 148 valence electrons. The standard InChI is InChI=1S/C25H19NO4/c1-15-10-11-20-19(12-15)23(28)21-22(17-8-5-9-18(27)13-17)26(25(29)24(21)30-20)14-16-6-3-2-4-7-16/h2-13,22,27H,14H2,1H3/t22-/m1/s1. The van der Waals surface area contributed by atoms with Crippen LogP contribution in [-0.2, 0) is 6.54 Å². The summed E-state index contributed by atoms with van der Waals surface area (Å²) in [6.07, 6.45) is 0. The zero-order valence-corrected chi connectivity index (χ0v) is 16.3. The van der Waals surface area contributed by atoms with Crippen LogP contribution in [-0.4, -0.2) is 15.9 Å². The van der Waals surface area contributed by atoms with Crippen LogP contribution in [0.5, 0.6) is 5.75 Å². The first kappa shape index (κ1) is 18.2. The maximum absolute atomic E-state index is 13.5. The third kappa shape index (κ3) is 2.87. The van der Waals surface area contributed by atoms with Gasteiger partial charge in [0.15, 0.2) is 5.43 Å². The molecule has 3 aromatic carbocycles. The summed E-state index contributed by atoms with van der Waals surface area (Å²) in [6, 6.07) is 21.0. The third-order valence-corrected chi connectivity index (χ3v) is 5.50. The van der Waals surface area contributed by atoms with Crippen LogP contribution >= 0.6 is 0 Å². The van der Waals surface area contributed by atoms with Gasteiger partial charge in [-0.05, 0) is 42.3 Å². The normalized spacial score (nSPS) is 15.6. The Morgan fingerprint density at radius 1 is 0.967 bits per heavy atom. The van der Waals surface area contributed by atoms with E-state index in [1.54, 1.807) is 35.2 Å². The Hall–Kier alpha value is -3.86. The molecule has 1 atom stereocenters. The van der Waals surface area contributed by atoms with Crippen LogP contribution in [0.15, 0.2) is 82.0 Å². The Labute approximate surface area is 172 Å². The smallest absolute Gasteiger partial charge is 0.291 e. The quantitative estimate of drug-likeness (QED) is 0.550. The molecule has 0 unspecified atom stereocenters. The number of aromatic hydroxyl groups is 1. The summed E-state index contributed by atoms with van der Waals surface area (Å²) < 4.78 is 5.95. The fraction of sp³-hybridized carbons (Fsp3) is 0.120. The zero-order valence-electron chi connectivity index (χ0n) is 16.3. The minimum Gasteiger partial charge on any atom is -0.508 e. The number of phenols is 1. The second-order valence-corrected chi connectivity index (χ2v) is 7.59. The van der Waals surface area contributed by atoms with Gasteiger partial charge >= 0.3 is 0 Å². The van der Waals surface area contributed by atoms with Crippen LogP contribution < -0.4 is 5.43 Å².